The Kier molecular flexibility index (Phi) is 4.58. The van der Waals surface area contributed by atoms with Gasteiger partial charge < -0.3 is 0 Å². The highest BCUT2D eigenvalue weighted by Gasteiger charge is 2.14. The minimum atomic E-state index is -0.486. The average Bonchev–Trinajstić information content (AvgIpc) is 3.45. The minimum absolute atomic E-state index is 0.292. The first-order chi connectivity index (χ1) is 13.7. The average molecular weight is 374 g/mol. The van der Waals surface area contributed by atoms with Crippen molar-refractivity contribution in [3.63, 3.8) is 0 Å². The van der Waals surface area contributed by atoms with Crippen molar-refractivity contribution in [1.29, 1.82) is 0 Å². The smallest absolute Gasteiger partial charge is 0.288 e. The molecule has 138 valence electrons. The molecule has 0 fully saturated rings. The highest BCUT2D eigenvalue weighted by Crippen LogP contribution is 2.11. The molecular formula is C18H14N8O2. The number of nitrogens with zero attached hydrogens (tertiary/aromatic N) is 6. The van der Waals surface area contributed by atoms with Crippen LogP contribution in [0.3, 0.4) is 0 Å². The van der Waals surface area contributed by atoms with Crippen LogP contribution >= 0.6 is 0 Å². The number of hydrazine groups is 1. The number of hydrogen-bond acceptors (Lipinski definition) is 6. The molecule has 2 aromatic heterocycles. The van der Waals surface area contributed by atoms with Crippen LogP contribution in [-0.2, 0) is 0 Å². The van der Waals surface area contributed by atoms with Crippen molar-refractivity contribution < 1.29 is 9.59 Å². The number of para-hydroxylation sites is 1. The predicted octanol–water partition coefficient (Wildman–Crippen LogP) is 0.923. The van der Waals surface area contributed by atoms with E-state index < -0.39 is 11.8 Å². The van der Waals surface area contributed by atoms with Crippen molar-refractivity contribution >= 4 is 11.8 Å². The molecule has 0 atom stereocenters. The lowest BCUT2D eigenvalue weighted by atomic mass is 10.2. The lowest BCUT2D eigenvalue weighted by molar-refractivity contribution is 0.0843. The Hall–Kier alpha value is -4.34. The molecular weight excluding hydrogens is 360 g/mol. The molecule has 0 spiro atoms. The van der Waals surface area contributed by atoms with Crippen molar-refractivity contribution in [3.8, 4) is 11.4 Å². The second kappa shape index (κ2) is 7.50. The van der Waals surface area contributed by atoms with Crippen molar-refractivity contribution in [2.45, 2.75) is 0 Å². The maximum atomic E-state index is 12.4. The summed E-state index contributed by atoms with van der Waals surface area (Å²) in [6, 6.07) is 15.9. The van der Waals surface area contributed by atoms with Gasteiger partial charge in [0.1, 0.15) is 12.0 Å². The zero-order valence-corrected chi connectivity index (χ0v) is 14.4. The molecule has 0 radical (unpaired) electrons. The van der Waals surface area contributed by atoms with Gasteiger partial charge in [0.25, 0.3) is 11.8 Å². The molecule has 2 amide bonds. The van der Waals surface area contributed by atoms with Gasteiger partial charge >= 0.3 is 0 Å². The van der Waals surface area contributed by atoms with Gasteiger partial charge in [0.05, 0.1) is 18.2 Å². The molecule has 28 heavy (non-hydrogen) atoms. The number of imidazole rings is 1. The number of amides is 2. The number of benzene rings is 2. The first-order valence-corrected chi connectivity index (χ1v) is 8.24. The van der Waals surface area contributed by atoms with Crippen LogP contribution in [0, 0.1) is 0 Å². The molecule has 0 aliphatic rings. The summed E-state index contributed by atoms with van der Waals surface area (Å²) < 4.78 is 3.09. The van der Waals surface area contributed by atoms with Crippen LogP contribution in [0.1, 0.15) is 20.8 Å². The van der Waals surface area contributed by atoms with E-state index in [2.05, 4.69) is 31.4 Å². The van der Waals surface area contributed by atoms with E-state index in [0.29, 0.717) is 16.9 Å². The number of aromatic nitrogens is 6. The third kappa shape index (κ3) is 3.46. The molecule has 0 aliphatic carbocycles. The van der Waals surface area contributed by atoms with Crippen LogP contribution in [0.2, 0.25) is 0 Å². The first kappa shape index (κ1) is 17.1. The topological polar surface area (TPSA) is 120 Å². The van der Waals surface area contributed by atoms with E-state index in [4.69, 9.17) is 0 Å². The molecule has 0 unspecified atom stereocenters. The fourth-order valence-electron chi connectivity index (χ4n) is 2.55. The Morgan fingerprint density at radius 1 is 0.821 bits per heavy atom. The van der Waals surface area contributed by atoms with E-state index in [1.165, 1.54) is 23.5 Å². The second-order valence-corrected chi connectivity index (χ2v) is 5.69. The molecule has 4 rings (SSSR count). The summed E-state index contributed by atoms with van der Waals surface area (Å²) in [6.45, 7) is 0. The fraction of sp³-hybridized carbons (Fsp3) is 0. The van der Waals surface area contributed by atoms with E-state index >= 15 is 0 Å². The molecule has 10 nitrogen and oxygen atoms in total. The van der Waals surface area contributed by atoms with Gasteiger partial charge in [-0.25, -0.2) is 9.67 Å². The van der Waals surface area contributed by atoms with E-state index in [1.54, 1.807) is 28.8 Å². The third-order valence-electron chi connectivity index (χ3n) is 3.94. The van der Waals surface area contributed by atoms with Crippen LogP contribution in [0.4, 0.5) is 0 Å². The summed E-state index contributed by atoms with van der Waals surface area (Å²) in [5.41, 5.74) is 6.95. The Balaban J connectivity index is 1.42. The Morgan fingerprint density at radius 3 is 2.29 bits per heavy atom. The lowest BCUT2D eigenvalue weighted by Crippen LogP contribution is -2.42. The number of nitrogens with one attached hydrogen (secondary N) is 2. The summed E-state index contributed by atoms with van der Waals surface area (Å²) >= 11 is 0. The van der Waals surface area contributed by atoms with Crippen LogP contribution in [0.15, 0.2) is 73.4 Å². The Bertz CT molecular complexity index is 1090. The maximum Gasteiger partial charge on any atom is 0.288 e. The van der Waals surface area contributed by atoms with E-state index in [9.17, 15) is 9.59 Å². The molecule has 10 heteroatoms. The van der Waals surface area contributed by atoms with Gasteiger partial charge in [0.2, 0.25) is 0 Å². The number of tetrazole rings is 1. The highest BCUT2D eigenvalue weighted by atomic mass is 16.2. The van der Waals surface area contributed by atoms with Crippen molar-refractivity contribution in [1.82, 2.24) is 40.6 Å². The van der Waals surface area contributed by atoms with Gasteiger partial charge in [-0.3, -0.25) is 25.0 Å². The standard InChI is InChI=1S/C18H14N8O2/c27-17(13-6-8-15(9-7-13)26-12-20-23-24-26)21-22-18(28)16-10-19-11-25(16)14-4-2-1-3-5-14/h1-12H,(H,21,27)(H,22,28). The van der Waals surface area contributed by atoms with Crippen molar-refractivity contribution in [2.75, 3.05) is 0 Å². The number of carbonyl (C=O) groups is 2. The molecule has 2 heterocycles. The molecule has 2 aromatic carbocycles. The molecule has 0 aliphatic heterocycles. The highest BCUT2D eigenvalue weighted by molar-refractivity contribution is 5.98. The minimum Gasteiger partial charge on any atom is -0.295 e. The summed E-state index contributed by atoms with van der Waals surface area (Å²) in [5, 5.41) is 10.9. The Labute approximate surface area is 158 Å². The van der Waals surface area contributed by atoms with Crippen LogP contribution in [0.5, 0.6) is 0 Å². The normalized spacial score (nSPS) is 10.4. The summed E-state index contributed by atoms with van der Waals surface area (Å²) in [5.74, 6) is -0.942. The van der Waals surface area contributed by atoms with Gasteiger partial charge in [-0.15, -0.1) is 5.10 Å². The van der Waals surface area contributed by atoms with Gasteiger partial charge in [0, 0.05) is 11.3 Å². The first-order valence-electron chi connectivity index (χ1n) is 8.24. The molecule has 4 aromatic rings. The number of rotatable bonds is 4. The predicted molar refractivity (Wildman–Crippen MR) is 97.7 cm³/mol. The van der Waals surface area contributed by atoms with Gasteiger partial charge in [-0.05, 0) is 46.8 Å². The molecule has 0 saturated heterocycles. The Morgan fingerprint density at radius 2 is 1.57 bits per heavy atom. The zero-order chi connectivity index (χ0) is 19.3. The summed E-state index contributed by atoms with van der Waals surface area (Å²) in [4.78, 5) is 28.7. The largest absolute Gasteiger partial charge is 0.295 e. The fourth-order valence-corrected chi connectivity index (χ4v) is 2.55. The maximum absolute atomic E-state index is 12.4. The van der Waals surface area contributed by atoms with E-state index in [-0.39, 0.29) is 0 Å². The van der Waals surface area contributed by atoms with E-state index in [0.717, 1.165) is 5.69 Å². The SMILES string of the molecule is O=C(NNC(=O)c1cncn1-c1ccccc1)c1ccc(-n2cnnn2)cc1. The molecule has 0 bridgehead atoms. The van der Waals surface area contributed by atoms with Crippen LogP contribution in [-0.4, -0.2) is 41.6 Å². The van der Waals surface area contributed by atoms with Crippen molar-refractivity contribution in [3.05, 3.63) is 84.7 Å². The summed E-state index contributed by atoms with van der Waals surface area (Å²) in [7, 11) is 0. The lowest BCUT2D eigenvalue weighted by Gasteiger charge is -2.10. The number of hydrogen-bond donors (Lipinski definition) is 2. The zero-order valence-electron chi connectivity index (χ0n) is 14.4. The van der Waals surface area contributed by atoms with Crippen LogP contribution in [0.25, 0.3) is 11.4 Å². The quantitative estimate of drug-likeness (QED) is 0.513. The van der Waals surface area contributed by atoms with Gasteiger partial charge in [-0.2, -0.15) is 0 Å². The monoisotopic (exact) mass is 374 g/mol. The van der Waals surface area contributed by atoms with Crippen molar-refractivity contribution in [2.24, 2.45) is 0 Å². The summed E-state index contributed by atoms with van der Waals surface area (Å²) in [6.07, 6.45) is 4.41. The van der Waals surface area contributed by atoms with E-state index in [1.807, 2.05) is 30.3 Å². The molecule has 2 N–H and O–H groups in total. The number of carbonyl (C=O) groups excluding carboxylic acids is 2. The third-order valence-corrected chi connectivity index (χ3v) is 3.94. The van der Waals surface area contributed by atoms with Gasteiger partial charge in [-0.1, -0.05) is 18.2 Å². The second-order valence-electron chi connectivity index (χ2n) is 5.69. The van der Waals surface area contributed by atoms with Gasteiger partial charge in [0.15, 0.2) is 0 Å². The van der Waals surface area contributed by atoms with Crippen LogP contribution < -0.4 is 10.9 Å². The molecule has 0 saturated carbocycles.